The summed E-state index contributed by atoms with van der Waals surface area (Å²) in [6.07, 6.45) is 7.52. The lowest BCUT2D eigenvalue weighted by atomic mass is 9.91. The zero-order chi connectivity index (χ0) is 19.1. The number of hydrogen-bond acceptors (Lipinski definition) is 5. The molecule has 0 fully saturated rings. The lowest BCUT2D eigenvalue weighted by molar-refractivity contribution is -0.160. The molecule has 0 bridgehead atoms. The molecule has 0 heterocycles. The van der Waals surface area contributed by atoms with Gasteiger partial charge in [0.2, 0.25) is 0 Å². The van der Waals surface area contributed by atoms with E-state index in [1.54, 1.807) is 0 Å². The van der Waals surface area contributed by atoms with E-state index < -0.39 is 29.7 Å². The topological polar surface area (TPSA) is 89.9 Å². The molecule has 0 radical (unpaired) electrons. The van der Waals surface area contributed by atoms with Gasteiger partial charge in [0.1, 0.15) is 0 Å². The van der Waals surface area contributed by atoms with Gasteiger partial charge >= 0.3 is 17.9 Å². The van der Waals surface area contributed by atoms with Crippen molar-refractivity contribution in [2.24, 2.45) is 11.8 Å². The molecular formula is C19H34O6. The fourth-order valence-electron chi connectivity index (χ4n) is 2.43. The standard InChI is InChI=1S/C19H34O6/c1-4-6-8-10-12-24-17(20)14-16(18(21)22)15(3)19(23)25-13-11-9-7-5-2/h15-16H,4-14H2,1-3H3,(H,21,22). The van der Waals surface area contributed by atoms with Gasteiger partial charge in [-0.1, -0.05) is 59.3 Å². The first-order chi connectivity index (χ1) is 11.9. The van der Waals surface area contributed by atoms with E-state index in [2.05, 4.69) is 13.8 Å². The quantitative estimate of drug-likeness (QED) is 0.352. The Morgan fingerprint density at radius 2 is 1.36 bits per heavy atom. The van der Waals surface area contributed by atoms with Crippen molar-refractivity contribution in [1.82, 2.24) is 0 Å². The Morgan fingerprint density at radius 3 is 1.84 bits per heavy atom. The molecule has 1 N–H and O–H groups in total. The molecule has 6 heteroatoms. The monoisotopic (exact) mass is 358 g/mol. The molecule has 0 aliphatic rings. The van der Waals surface area contributed by atoms with E-state index in [-0.39, 0.29) is 13.0 Å². The number of unbranched alkanes of at least 4 members (excludes halogenated alkanes) is 6. The molecule has 2 unspecified atom stereocenters. The number of ether oxygens (including phenoxy) is 2. The van der Waals surface area contributed by atoms with Gasteiger partial charge in [-0.15, -0.1) is 0 Å². The largest absolute Gasteiger partial charge is 0.481 e. The molecule has 0 amide bonds. The van der Waals surface area contributed by atoms with E-state index in [0.717, 1.165) is 51.4 Å². The molecule has 25 heavy (non-hydrogen) atoms. The summed E-state index contributed by atoms with van der Waals surface area (Å²) in [4.78, 5) is 35.2. The second kappa shape index (κ2) is 14.7. The molecule has 0 aromatic rings. The van der Waals surface area contributed by atoms with E-state index in [1.165, 1.54) is 6.92 Å². The molecule has 0 aromatic carbocycles. The van der Waals surface area contributed by atoms with Crippen molar-refractivity contribution in [1.29, 1.82) is 0 Å². The van der Waals surface area contributed by atoms with Crippen molar-refractivity contribution >= 4 is 17.9 Å². The number of aliphatic carboxylic acids is 1. The van der Waals surface area contributed by atoms with Crippen LogP contribution in [-0.4, -0.2) is 36.2 Å². The summed E-state index contributed by atoms with van der Waals surface area (Å²) in [7, 11) is 0. The molecule has 2 atom stereocenters. The minimum atomic E-state index is -1.18. The highest BCUT2D eigenvalue weighted by Crippen LogP contribution is 2.19. The van der Waals surface area contributed by atoms with E-state index in [9.17, 15) is 19.5 Å². The van der Waals surface area contributed by atoms with E-state index in [0.29, 0.717) is 6.61 Å². The number of carbonyl (C=O) groups is 3. The average molecular weight is 358 g/mol. The number of carbonyl (C=O) groups excluding carboxylic acids is 2. The van der Waals surface area contributed by atoms with Crippen LogP contribution in [0, 0.1) is 11.8 Å². The van der Waals surface area contributed by atoms with Crippen LogP contribution in [0.1, 0.15) is 78.6 Å². The van der Waals surface area contributed by atoms with E-state index in [1.807, 2.05) is 0 Å². The molecule has 0 aliphatic carbocycles. The van der Waals surface area contributed by atoms with Gasteiger partial charge in [0, 0.05) is 0 Å². The van der Waals surface area contributed by atoms with Crippen LogP contribution in [0.15, 0.2) is 0 Å². The van der Waals surface area contributed by atoms with Gasteiger partial charge in [-0.05, 0) is 12.8 Å². The second-order valence-corrected chi connectivity index (χ2v) is 6.45. The fourth-order valence-corrected chi connectivity index (χ4v) is 2.43. The first kappa shape index (κ1) is 23.4. The van der Waals surface area contributed by atoms with Crippen LogP contribution in [-0.2, 0) is 23.9 Å². The number of rotatable bonds is 15. The van der Waals surface area contributed by atoms with Gasteiger partial charge in [-0.3, -0.25) is 14.4 Å². The van der Waals surface area contributed by atoms with Gasteiger partial charge in [0.05, 0.1) is 31.5 Å². The Bertz CT molecular complexity index is 393. The van der Waals surface area contributed by atoms with Gasteiger partial charge in [-0.2, -0.15) is 0 Å². The predicted octanol–water partition coefficient (Wildman–Crippen LogP) is 3.96. The Labute approximate surface area is 151 Å². The van der Waals surface area contributed by atoms with Crippen molar-refractivity contribution < 1.29 is 29.0 Å². The first-order valence-corrected chi connectivity index (χ1v) is 9.49. The summed E-state index contributed by atoms with van der Waals surface area (Å²) in [6.45, 7) is 6.25. The van der Waals surface area contributed by atoms with Gasteiger partial charge in [0.15, 0.2) is 0 Å². The fraction of sp³-hybridized carbons (Fsp3) is 0.842. The Balaban J connectivity index is 4.25. The second-order valence-electron chi connectivity index (χ2n) is 6.45. The number of carboxylic acids is 1. The van der Waals surface area contributed by atoms with Crippen molar-refractivity contribution in [3.63, 3.8) is 0 Å². The van der Waals surface area contributed by atoms with Crippen molar-refractivity contribution in [3.05, 3.63) is 0 Å². The summed E-state index contributed by atoms with van der Waals surface area (Å²) in [5, 5.41) is 9.31. The minimum absolute atomic E-state index is 0.289. The Hall–Kier alpha value is -1.59. The lowest BCUT2D eigenvalue weighted by Crippen LogP contribution is -2.31. The Morgan fingerprint density at radius 1 is 0.840 bits per heavy atom. The summed E-state index contributed by atoms with van der Waals surface area (Å²) < 4.78 is 10.2. The first-order valence-electron chi connectivity index (χ1n) is 9.49. The van der Waals surface area contributed by atoms with Crippen molar-refractivity contribution in [2.75, 3.05) is 13.2 Å². The van der Waals surface area contributed by atoms with Crippen LogP contribution < -0.4 is 0 Å². The number of carboxylic acid groups (broad SMARTS) is 1. The summed E-state index contributed by atoms with van der Waals surface area (Å²) in [5.41, 5.74) is 0. The van der Waals surface area contributed by atoms with Crippen LogP contribution in [0.4, 0.5) is 0 Å². The van der Waals surface area contributed by atoms with Crippen LogP contribution in [0.5, 0.6) is 0 Å². The SMILES string of the molecule is CCCCCCOC(=O)CC(C(=O)O)C(C)C(=O)OCCCCCC. The van der Waals surface area contributed by atoms with Gasteiger partial charge in [-0.25, -0.2) is 0 Å². The summed E-state index contributed by atoms with van der Waals surface area (Å²) in [5.74, 6) is -4.33. The van der Waals surface area contributed by atoms with Crippen LogP contribution in [0.2, 0.25) is 0 Å². The maximum Gasteiger partial charge on any atom is 0.309 e. The zero-order valence-corrected chi connectivity index (χ0v) is 15.9. The number of hydrogen-bond donors (Lipinski definition) is 1. The van der Waals surface area contributed by atoms with Gasteiger partial charge < -0.3 is 14.6 Å². The lowest BCUT2D eigenvalue weighted by Gasteiger charge is -2.18. The van der Waals surface area contributed by atoms with Crippen LogP contribution in [0.25, 0.3) is 0 Å². The van der Waals surface area contributed by atoms with Gasteiger partial charge in [0.25, 0.3) is 0 Å². The highest BCUT2D eigenvalue weighted by atomic mass is 16.5. The van der Waals surface area contributed by atoms with Crippen LogP contribution in [0.3, 0.4) is 0 Å². The Kier molecular flexibility index (Phi) is 13.8. The predicted molar refractivity (Wildman–Crippen MR) is 95.1 cm³/mol. The summed E-state index contributed by atoms with van der Waals surface area (Å²) in [6, 6.07) is 0. The molecule has 0 rings (SSSR count). The highest BCUT2D eigenvalue weighted by molar-refractivity contribution is 5.84. The minimum Gasteiger partial charge on any atom is -0.481 e. The number of esters is 2. The molecule has 146 valence electrons. The zero-order valence-electron chi connectivity index (χ0n) is 15.9. The van der Waals surface area contributed by atoms with Crippen LogP contribution >= 0.6 is 0 Å². The third-order valence-corrected chi connectivity index (χ3v) is 4.18. The van der Waals surface area contributed by atoms with Crippen molar-refractivity contribution in [2.45, 2.75) is 78.6 Å². The van der Waals surface area contributed by atoms with E-state index >= 15 is 0 Å². The molecule has 0 saturated heterocycles. The third-order valence-electron chi connectivity index (χ3n) is 4.18. The molecule has 0 saturated carbocycles. The summed E-state index contributed by atoms with van der Waals surface area (Å²) >= 11 is 0. The van der Waals surface area contributed by atoms with Crippen molar-refractivity contribution in [3.8, 4) is 0 Å². The third kappa shape index (κ3) is 11.6. The maximum atomic E-state index is 12.0. The molecular weight excluding hydrogens is 324 g/mol. The van der Waals surface area contributed by atoms with E-state index in [4.69, 9.17) is 9.47 Å². The molecule has 6 nitrogen and oxygen atoms in total. The molecule has 0 aliphatic heterocycles. The molecule has 0 aromatic heterocycles. The smallest absolute Gasteiger partial charge is 0.309 e. The normalized spacial score (nSPS) is 13.1. The average Bonchev–Trinajstić information content (AvgIpc) is 2.58. The molecule has 0 spiro atoms. The highest BCUT2D eigenvalue weighted by Gasteiger charge is 2.33. The maximum absolute atomic E-state index is 12.0.